The van der Waals surface area contributed by atoms with Crippen molar-refractivity contribution in [2.24, 2.45) is 5.41 Å². The Kier molecular flexibility index (Phi) is 4.85. The highest BCUT2D eigenvalue weighted by atomic mass is 14.9. The molecule has 1 fully saturated rings. The van der Waals surface area contributed by atoms with Gasteiger partial charge in [0.25, 0.3) is 0 Å². The van der Waals surface area contributed by atoms with Crippen LogP contribution in [0, 0.1) is 5.41 Å². The molecule has 0 aromatic rings. The standard InChI is InChI=1S/C14H27N/c1-5-10-15-13(11-12(2)3)14(4)8-6-7-9-14/h11,13,15H,5-10H2,1-4H3. The Labute approximate surface area is 95.3 Å². The Bertz CT molecular complexity index is 207. The summed E-state index contributed by atoms with van der Waals surface area (Å²) in [5, 5.41) is 3.71. The van der Waals surface area contributed by atoms with Gasteiger partial charge in [0.2, 0.25) is 0 Å². The second-order valence-corrected chi connectivity index (χ2v) is 5.54. The van der Waals surface area contributed by atoms with Gasteiger partial charge in [-0.3, -0.25) is 0 Å². The first-order valence-electron chi connectivity index (χ1n) is 6.47. The number of hydrogen-bond donors (Lipinski definition) is 1. The van der Waals surface area contributed by atoms with Gasteiger partial charge in [-0.05, 0) is 45.1 Å². The van der Waals surface area contributed by atoms with E-state index in [0.29, 0.717) is 11.5 Å². The summed E-state index contributed by atoms with van der Waals surface area (Å²) in [6, 6.07) is 0.588. The highest BCUT2D eigenvalue weighted by molar-refractivity contribution is 5.08. The normalized spacial score (nSPS) is 21.3. The van der Waals surface area contributed by atoms with Crippen molar-refractivity contribution in [3.63, 3.8) is 0 Å². The molecule has 0 spiro atoms. The van der Waals surface area contributed by atoms with Crippen LogP contribution in [0.25, 0.3) is 0 Å². The molecule has 1 unspecified atom stereocenters. The van der Waals surface area contributed by atoms with Gasteiger partial charge < -0.3 is 5.32 Å². The molecule has 1 aliphatic rings. The highest BCUT2D eigenvalue weighted by Crippen LogP contribution is 2.41. The summed E-state index contributed by atoms with van der Waals surface area (Å²) in [5.41, 5.74) is 1.95. The molecular weight excluding hydrogens is 182 g/mol. The third-order valence-corrected chi connectivity index (χ3v) is 3.61. The SMILES string of the molecule is CCCNC(C=C(C)C)C1(C)CCCC1. The van der Waals surface area contributed by atoms with E-state index in [2.05, 4.69) is 39.1 Å². The lowest BCUT2D eigenvalue weighted by atomic mass is 9.80. The lowest BCUT2D eigenvalue weighted by molar-refractivity contribution is 0.258. The molecule has 0 amide bonds. The van der Waals surface area contributed by atoms with Crippen molar-refractivity contribution in [2.75, 3.05) is 6.54 Å². The van der Waals surface area contributed by atoms with Crippen molar-refractivity contribution in [3.05, 3.63) is 11.6 Å². The predicted octanol–water partition coefficient (Wildman–Crippen LogP) is 3.90. The van der Waals surface area contributed by atoms with Crippen LogP contribution in [0.15, 0.2) is 11.6 Å². The van der Waals surface area contributed by atoms with Crippen molar-refractivity contribution in [1.29, 1.82) is 0 Å². The van der Waals surface area contributed by atoms with Crippen LogP contribution in [0.2, 0.25) is 0 Å². The van der Waals surface area contributed by atoms with Crippen LogP contribution in [-0.2, 0) is 0 Å². The molecule has 0 aromatic carbocycles. The van der Waals surface area contributed by atoms with Gasteiger partial charge in [0.15, 0.2) is 0 Å². The van der Waals surface area contributed by atoms with Crippen LogP contribution < -0.4 is 5.32 Å². The molecule has 0 heterocycles. The van der Waals surface area contributed by atoms with Crippen molar-refractivity contribution in [1.82, 2.24) is 5.32 Å². The largest absolute Gasteiger partial charge is 0.310 e. The molecule has 1 aliphatic carbocycles. The van der Waals surface area contributed by atoms with Gasteiger partial charge in [-0.15, -0.1) is 0 Å². The minimum absolute atomic E-state index is 0.506. The number of allylic oxidation sites excluding steroid dienone is 1. The van der Waals surface area contributed by atoms with Gasteiger partial charge >= 0.3 is 0 Å². The predicted molar refractivity (Wildman–Crippen MR) is 68.1 cm³/mol. The molecule has 1 saturated carbocycles. The van der Waals surface area contributed by atoms with Gasteiger partial charge in [0.05, 0.1) is 0 Å². The molecule has 1 heteroatoms. The minimum Gasteiger partial charge on any atom is -0.310 e. The van der Waals surface area contributed by atoms with E-state index >= 15 is 0 Å². The molecule has 0 bridgehead atoms. The summed E-state index contributed by atoms with van der Waals surface area (Å²) in [5.74, 6) is 0. The summed E-state index contributed by atoms with van der Waals surface area (Å²) < 4.78 is 0. The van der Waals surface area contributed by atoms with E-state index in [1.54, 1.807) is 0 Å². The lowest BCUT2D eigenvalue weighted by Gasteiger charge is -2.33. The molecule has 1 atom stereocenters. The van der Waals surface area contributed by atoms with E-state index in [0.717, 1.165) is 6.54 Å². The second-order valence-electron chi connectivity index (χ2n) is 5.54. The third-order valence-electron chi connectivity index (χ3n) is 3.61. The molecule has 1 rings (SSSR count). The average Bonchev–Trinajstić information content (AvgIpc) is 2.60. The summed E-state index contributed by atoms with van der Waals surface area (Å²) in [7, 11) is 0. The molecule has 0 aromatic heterocycles. The van der Waals surface area contributed by atoms with Gasteiger partial charge in [-0.2, -0.15) is 0 Å². The zero-order chi connectivity index (χ0) is 11.3. The maximum atomic E-state index is 3.71. The van der Waals surface area contributed by atoms with Crippen molar-refractivity contribution < 1.29 is 0 Å². The van der Waals surface area contributed by atoms with Crippen LogP contribution in [0.3, 0.4) is 0 Å². The number of hydrogen-bond acceptors (Lipinski definition) is 1. The average molecular weight is 209 g/mol. The molecule has 15 heavy (non-hydrogen) atoms. The monoisotopic (exact) mass is 209 g/mol. The van der Waals surface area contributed by atoms with E-state index in [9.17, 15) is 0 Å². The molecule has 0 saturated heterocycles. The fourth-order valence-corrected chi connectivity index (χ4v) is 2.63. The van der Waals surface area contributed by atoms with Gasteiger partial charge in [0.1, 0.15) is 0 Å². The Hall–Kier alpha value is -0.300. The molecule has 1 N–H and O–H groups in total. The molecule has 1 nitrogen and oxygen atoms in total. The fraction of sp³-hybridized carbons (Fsp3) is 0.857. The maximum absolute atomic E-state index is 3.71. The van der Waals surface area contributed by atoms with Crippen molar-refractivity contribution in [2.45, 2.75) is 65.8 Å². The maximum Gasteiger partial charge on any atom is 0.0306 e. The Morgan fingerprint density at radius 3 is 2.40 bits per heavy atom. The number of nitrogens with one attached hydrogen (secondary N) is 1. The first-order valence-corrected chi connectivity index (χ1v) is 6.47. The van der Waals surface area contributed by atoms with Gasteiger partial charge in [-0.1, -0.05) is 38.3 Å². The quantitative estimate of drug-likeness (QED) is 0.677. The zero-order valence-corrected chi connectivity index (χ0v) is 10.9. The Morgan fingerprint density at radius 1 is 1.33 bits per heavy atom. The summed E-state index contributed by atoms with van der Waals surface area (Å²) in [6.07, 6.45) is 9.26. The molecular formula is C14H27N. The zero-order valence-electron chi connectivity index (χ0n) is 10.9. The van der Waals surface area contributed by atoms with Gasteiger partial charge in [0, 0.05) is 6.04 Å². The second kappa shape index (κ2) is 5.69. The van der Waals surface area contributed by atoms with E-state index in [4.69, 9.17) is 0 Å². The minimum atomic E-state index is 0.506. The highest BCUT2D eigenvalue weighted by Gasteiger charge is 2.35. The van der Waals surface area contributed by atoms with E-state index in [-0.39, 0.29) is 0 Å². The fourth-order valence-electron chi connectivity index (χ4n) is 2.63. The van der Waals surface area contributed by atoms with Crippen molar-refractivity contribution in [3.8, 4) is 0 Å². The van der Waals surface area contributed by atoms with Crippen LogP contribution in [-0.4, -0.2) is 12.6 Å². The summed E-state index contributed by atoms with van der Waals surface area (Å²) in [6.45, 7) is 10.2. The third kappa shape index (κ3) is 3.64. The van der Waals surface area contributed by atoms with E-state index < -0.39 is 0 Å². The lowest BCUT2D eigenvalue weighted by Crippen LogP contribution is -2.41. The van der Waals surface area contributed by atoms with E-state index in [1.807, 2.05) is 0 Å². The van der Waals surface area contributed by atoms with Crippen LogP contribution in [0.1, 0.15) is 59.8 Å². The first-order chi connectivity index (χ1) is 7.08. The first kappa shape index (κ1) is 12.8. The van der Waals surface area contributed by atoms with Crippen molar-refractivity contribution >= 4 is 0 Å². The Morgan fingerprint density at radius 2 is 1.93 bits per heavy atom. The van der Waals surface area contributed by atoms with E-state index in [1.165, 1.54) is 37.7 Å². The van der Waals surface area contributed by atoms with Crippen LogP contribution in [0.4, 0.5) is 0 Å². The smallest absolute Gasteiger partial charge is 0.0306 e. The molecule has 0 aliphatic heterocycles. The molecule has 88 valence electrons. The topological polar surface area (TPSA) is 12.0 Å². The molecule has 0 radical (unpaired) electrons. The summed E-state index contributed by atoms with van der Waals surface area (Å²) >= 11 is 0. The Balaban J connectivity index is 2.66. The summed E-state index contributed by atoms with van der Waals surface area (Å²) in [4.78, 5) is 0. The number of rotatable bonds is 5. The van der Waals surface area contributed by atoms with Crippen LogP contribution >= 0.6 is 0 Å². The van der Waals surface area contributed by atoms with Gasteiger partial charge in [-0.25, -0.2) is 0 Å². The van der Waals surface area contributed by atoms with Crippen LogP contribution in [0.5, 0.6) is 0 Å².